The van der Waals surface area contributed by atoms with Crippen molar-refractivity contribution in [3.8, 4) is 0 Å². The van der Waals surface area contributed by atoms with Crippen LogP contribution in [0.1, 0.15) is 33.6 Å². The molecule has 0 aliphatic heterocycles. The molecule has 0 saturated heterocycles. The first-order valence-electron chi connectivity index (χ1n) is 5.30. The summed E-state index contributed by atoms with van der Waals surface area (Å²) in [5.41, 5.74) is 2.87. The van der Waals surface area contributed by atoms with Crippen LogP contribution in [0.3, 0.4) is 0 Å². The second kappa shape index (κ2) is 4.59. The van der Waals surface area contributed by atoms with Crippen LogP contribution in [0.5, 0.6) is 0 Å². The molecule has 0 aromatic rings. The van der Waals surface area contributed by atoms with E-state index in [-0.39, 0.29) is 22.9 Å². The Morgan fingerprint density at radius 1 is 1.60 bits per heavy atom. The summed E-state index contributed by atoms with van der Waals surface area (Å²) in [5.74, 6) is 0.468. The fraction of sp³-hybridized carbons (Fsp3) is 0.900. The Hall–Kier alpha value is -1.13. The maximum atomic E-state index is 10.4. The highest BCUT2D eigenvalue weighted by Gasteiger charge is 2.33. The summed E-state index contributed by atoms with van der Waals surface area (Å²) in [6.07, 6.45) is 3.89. The molecule has 15 heavy (non-hydrogen) atoms. The van der Waals surface area contributed by atoms with Gasteiger partial charge in [0.15, 0.2) is 0 Å². The average Bonchev–Trinajstić information content (AvgIpc) is 2.81. The third-order valence-electron chi connectivity index (χ3n) is 2.25. The highest BCUT2D eigenvalue weighted by Crippen LogP contribution is 2.35. The van der Waals surface area contributed by atoms with Gasteiger partial charge in [-0.1, -0.05) is 0 Å². The smallest absolute Gasteiger partial charge is 0.211 e. The molecule has 0 radical (unpaired) electrons. The molecule has 0 bridgehead atoms. The summed E-state index contributed by atoms with van der Waals surface area (Å²) in [7, 11) is 0. The molecule has 0 aromatic heterocycles. The van der Waals surface area contributed by atoms with Crippen LogP contribution in [0, 0.1) is 22.0 Å². The SMILES string of the molecule is CC(C)(C)N/N=C/[C@H](C[N+](=O)[O-])C1CC1. The molecular weight excluding hydrogens is 194 g/mol. The van der Waals surface area contributed by atoms with E-state index in [0.717, 1.165) is 12.8 Å². The Kier molecular flexibility index (Phi) is 3.66. The predicted molar refractivity (Wildman–Crippen MR) is 59.5 cm³/mol. The van der Waals surface area contributed by atoms with Crippen LogP contribution in [-0.2, 0) is 0 Å². The molecule has 0 unspecified atom stereocenters. The molecule has 0 amide bonds. The van der Waals surface area contributed by atoms with Gasteiger partial charge >= 0.3 is 0 Å². The molecule has 1 rings (SSSR count). The van der Waals surface area contributed by atoms with Crippen molar-refractivity contribution in [1.82, 2.24) is 5.43 Å². The van der Waals surface area contributed by atoms with Gasteiger partial charge in [-0.3, -0.25) is 10.1 Å². The van der Waals surface area contributed by atoms with Gasteiger partial charge in [0.1, 0.15) is 0 Å². The van der Waals surface area contributed by atoms with E-state index in [9.17, 15) is 10.1 Å². The molecular formula is C10H19N3O2. The molecule has 1 aliphatic rings. The van der Waals surface area contributed by atoms with Gasteiger partial charge in [-0.15, -0.1) is 0 Å². The summed E-state index contributed by atoms with van der Waals surface area (Å²) >= 11 is 0. The lowest BCUT2D eigenvalue weighted by atomic mass is 10.1. The van der Waals surface area contributed by atoms with Gasteiger partial charge in [0.2, 0.25) is 6.54 Å². The zero-order valence-electron chi connectivity index (χ0n) is 9.56. The minimum Gasteiger partial charge on any atom is -0.305 e. The largest absolute Gasteiger partial charge is 0.305 e. The van der Waals surface area contributed by atoms with Crippen molar-refractivity contribution in [3.05, 3.63) is 10.1 Å². The van der Waals surface area contributed by atoms with Crippen LogP contribution in [0.25, 0.3) is 0 Å². The Labute approximate surface area is 90.1 Å². The van der Waals surface area contributed by atoms with E-state index in [1.807, 2.05) is 20.8 Å². The third-order valence-corrected chi connectivity index (χ3v) is 2.25. The summed E-state index contributed by atoms with van der Waals surface area (Å²) in [6, 6.07) is 0. The summed E-state index contributed by atoms with van der Waals surface area (Å²) in [4.78, 5) is 10.2. The monoisotopic (exact) mass is 213 g/mol. The molecule has 1 saturated carbocycles. The molecule has 1 fully saturated rings. The molecule has 0 spiro atoms. The van der Waals surface area contributed by atoms with E-state index in [2.05, 4.69) is 10.5 Å². The third kappa shape index (κ3) is 5.34. The second-order valence-corrected chi connectivity index (χ2v) is 5.16. The average molecular weight is 213 g/mol. The van der Waals surface area contributed by atoms with E-state index >= 15 is 0 Å². The van der Waals surface area contributed by atoms with E-state index in [4.69, 9.17) is 0 Å². The second-order valence-electron chi connectivity index (χ2n) is 5.16. The molecule has 5 nitrogen and oxygen atoms in total. The number of hydrazone groups is 1. The van der Waals surface area contributed by atoms with Gasteiger partial charge in [-0.05, 0) is 39.5 Å². The number of hydrogen-bond acceptors (Lipinski definition) is 4. The number of nitrogens with zero attached hydrogens (tertiary/aromatic N) is 2. The minimum absolute atomic E-state index is 0.0000104. The Balaban J connectivity index is 2.40. The summed E-state index contributed by atoms with van der Waals surface area (Å²) < 4.78 is 0. The molecule has 0 aromatic carbocycles. The maximum Gasteiger partial charge on any atom is 0.211 e. The van der Waals surface area contributed by atoms with Crippen LogP contribution >= 0.6 is 0 Å². The van der Waals surface area contributed by atoms with Crippen LogP contribution in [0.2, 0.25) is 0 Å². The fourth-order valence-electron chi connectivity index (χ4n) is 1.34. The first-order valence-corrected chi connectivity index (χ1v) is 5.30. The number of rotatable bonds is 5. The van der Waals surface area contributed by atoms with Crippen molar-refractivity contribution in [2.24, 2.45) is 16.9 Å². The van der Waals surface area contributed by atoms with E-state index in [1.165, 1.54) is 0 Å². The Morgan fingerprint density at radius 2 is 2.20 bits per heavy atom. The normalized spacial score (nSPS) is 19.1. The molecule has 1 atom stereocenters. The first kappa shape index (κ1) is 11.9. The van der Waals surface area contributed by atoms with Gasteiger partial charge in [0, 0.05) is 16.7 Å². The highest BCUT2D eigenvalue weighted by molar-refractivity contribution is 5.61. The zero-order chi connectivity index (χ0) is 11.5. The molecule has 86 valence electrons. The molecule has 1 N–H and O–H groups in total. The zero-order valence-corrected chi connectivity index (χ0v) is 9.56. The van der Waals surface area contributed by atoms with Crippen molar-refractivity contribution in [2.75, 3.05) is 6.54 Å². The number of nitrogens with one attached hydrogen (secondary N) is 1. The van der Waals surface area contributed by atoms with Crippen molar-refractivity contribution in [2.45, 2.75) is 39.2 Å². The predicted octanol–water partition coefficient (Wildman–Crippen LogP) is 1.66. The van der Waals surface area contributed by atoms with Crippen molar-refractivity contribution in [1.29, 1.82) is 0 Å². The molecule has 5 heteroatoms. The quantitative estimate of drug-likeness (QED) is 0.429. The molecule has 1 aliphatic carbocycles. The summed E-state index contributed by atoms with van der Waals surface area (Å²) in [6.45, 7) is 6.01. The molecule has 0 heterocycles. The van der Waals surface area contributed by atoms with Crippen molar-refractivity contribution >= 4 is 6.21 Å². The van der Waals surface area contributed by atoms with Gasteiger partial charge < -0.3 is 5.43 Å². The standard InChI is InChI=1S/C10H19N3O2/c1-10(2,3)12-11-6-9(7-13(14)15)8-4-5-8/h6,8-9,12H,4-5,7H2,1-3H3/b11-6+/t9-/m1/s1. The van der Waals surface area contributed by atoms with Crippen LogP contribution in [0.15, 0.2) is 5.10 Å². The van der Waals surface area contributed by atoms with E-state index in [1.54, 1.807) is 6.21 Å². The maximum absolute atomic E-state index is 10.4. The Bertz CT molecular complexity index is 254. The van der Waals surface area contributed by atoms with Crippen molar-refractivity contribution in [3.63, 3.8) is 0 Å². The first-order chi connectivity index (χ1) is 6.88. The lowest BCUT2D eigenvalue weighted by Gasteiger charge is -2.17. The van der Waals surface area contributed by atoms with Gasteiger partial charge in [-0.25, -0.2) is 0 Å². The van der Waals surface area contributed by atoms with Gasteiger partial charge in [0.25, 0.3) is 0 Å². The van der Waals surface area contributed by atoms with Gasteiger partial charge in [0.05, 0.1) is 5.92 Å². The fourth-order valence-corrected chi connectivity index (χ4v) is 1.34. The van der Waals surface area contributed by atoms with E-state index < -0.39 is 0 Å². The minimum atomic E-state index is -0.258. The van der Waals surface area contributed by atoms with Crippen LogP contribution in [-0.4, -0.2) is 23.2 Å². The number of nitro groups is 1. The van der Waals surface area contributed by atoms with E-state index in [0.29, 0.717) is 5.92 Å². The van der Waals surface area contributed by atoms with Crippen molar-refractivity contribution < 1.29 is 4.92 Å². The number of hydrogen-bond donors (Lipinski definition) is 1. The Morgan fingerprint density at radius 3 is 2.60 bits per heavy atom. The lowest BCUT2D eigenvalue weighted by Crippen LogP contribution is -2.32. The van der Waals surface area contributed by atoms with Crippen LogP contribution < -0.4 is 5.43 Å². The summed E-state index contributed by atoms with van der Waals surface area (Å²) in [5, 5.41) is 14.5. The highest BCUT2D eigenvalue weighted by atomic mass is 16.6. The van der Waals surface area contributed by atoms with Gasteiger partial charge in [-0.2, -0.15) is 5.10 Å². The lowest BCUT2D eigenvalue weighted by molar-refractivity contribution is -0.485. The topological polar surface area (TPSA) is 67.5 Å². The van der Waals surface area contributed by atoms with Crippen LogP contribution in [0.4, 0.5) is 0 Å².